The Hall–Kier alpha value is -2.02. The maximum atomic E-state index is 14.5. The molecule has 0 amide bonds. The summed E-state index contributed by atoms with van der Waals surface area (Å²) in [5.74, 6) is -4.41. The number of hydrogen-bond acceptors (Lipinski definition) is 6. The average Bonchev–Trinajstić information content (AvgIpc) is 3.21. The standard InChI is InChI=1S/C20H25F4N5O2S/c1-20(23,24)11-28-9-14(6-17(25)19(28)15-5-13(21)3-4-16(15)22)27-7-12-8-29(32(2,30)31)26-18(12)10-27/h3-5,8,14,17,19H,6-7,9-11,25H2,1-2H3/t14-,17+,19?/m1/s1. The zero-order chi connectivity index (χ0) is 23.4. The predicted molar refractivity (Wildman–Crippen MR) is 109 cm³/mol. The fraction of sp³-hybridized carbons (Fsp3) is 0.550. The van der Waals surface area contributed by atoms with E-state index in [1.807, 2.05) is 4.90 Å². The van der Waals surface area contributed by atoms with Crippen LogP contribution in [0.4, 0.5) is 17.6 Å². The van der Waals surface area contributed by atoms with Crippen molar-refractivity contribution >= 4 is 10.0 Å². The van der Waals surface area contributed by atoms with Gasteiger partial charge in [0.05, 0.1) is 24.5 Å². The lowest BCUT2D eigenvalue weighted by Gasteiger charge is -2.46. The van der Waals surface area contributed by atoms with E-state index >= 15 is 0 Å². The molecule has 1 saturated heterocycles. The van der Waals surface area contributed by atoms with E-state index in [-0.39, 0.29) is 18.2 Å². The molecular weight excluding hydrogens is 450 g/mol. The van der Waals surface area contributed by atoms with Gasteiger partial charge >= 0.3 is 0 Å². The number of rotatable bonds is 5. The lowest BCUT2D eigenvalue weighted by molar-refractivity contribution is -0.0530. The Morgan fingerprint density at radius 2 is 1.97 bits per heavy atom. The van der Waals surface area contributed by atoms with Gasteiger partial charge in [0.25, 0.3) is 15.9 Å². The minimum absolute atomic E-state index is 0.0330. The molecule has 0 radical (unpaired) electrons. The number of hydrogen-bond donors (Lipinski definition) is 1. The molecule has 1 aromatic heterocycles. The number of nitrogens with zero attached hydrogens (tertiary/aromatic N) is 4. The molecule has 0 bridgehead atoms. The van der Waals surface area contributed by atoms with Crippen molar-refractivity contribution in [3.63, 3.8) is 0 Å². The quantitative estimate of drug-likeness (QED) is 0.667. The smallest absolute Gasteiger partial charge is 0.257 e. The molecular formula is C20H25F4N5O2S. The molecule has 3 heterocycles. The van der Waals surface area contributed by atoms with Gasteiger partial charge in [0.15, 0.2) is 0 Å². The van der Waals surface area contributed by atoms with Crippen LogP contribution in [0.3, 0.4) is 0 Å². The molecule has 2 N–H and O–H groups in total. The molecule has 4 rings (SSSR count). The van der Waals surface area contributed by atoms with Crippen molar-refractivity contribution in [2.24, 2.45) is 5.73 Å². The van der Waals surface area contributed by atoms with Crippen LogP contribution in [0.25, 0.3) is 0 Å². The minimum Gasteiger partial charge on any atom is -0.326 e. The van der Waals surface area contributed by atoms with E-state index in [2.05, 4.69) is 5.10 Å². The van der Waals surface area contributed by atoms with E-state index in [0.29, 0.717) is 25.2 Å². The van der Waals surface area contributed by atoms with Crippen LogP contribution in [0.5, 0.6) is 0 Å². The highest BCUT2D eigenvalue weighted by atomic mass is 32.2. The Balaban J connectivity index is 1.58. The largest absolute Gasteiger partial charge is 0.326 e. The fourth-order valence-corrected chi connectivity index (χ4v) is 5.27. The summed E-state index contributed by atoms with van der Waals surface area (Å²) in [5, 5.41) is 4.12. The van der Waals surface area contributed by atoms with Crippen molar-refractivity contribution < 1.29 is 26.0 Å². The summed E-state index contributed by atoms with van der Waals surface area (Å²) in [6.07, 6.45) is 2.89. The molecule has 12 heteroatoms. The molecule has 1 unspecified atom stereocenters. The van der Waals surface area contributed by atoms with Crippen molar-refractivity contribution in [3.05, 3.63) is 52.9 Å². The molecule has 176 valence electrons. The summed E-state index contributed by atoms with van der Waals surface area (Å²) in [6.45, 7) is 1.05. The summed E-state index contributed by atoms with van der Waals surface area (Å²) < 4.78 is 80.6. The van der Waals surface area contributed by atoms with Crippen LogP contribution >= 0.6 is 0 Å². The first-order valence-electron chi connectivity index (χ1n) is 10.2. The Morgan fingerprint density at radius 1 is 1.25 bits per heavy atom. The first kappa shape index (κ1) is 23.1. The van der Waals surface area contributed by atoms with E-state index in [1.54, 1.807) is 0 Å². The number of halogens is 4. The van der Waals surface area contributed by atoms with Gasteiger partial charge in [-0.25, -0.2) is 26.0 Å². The summed E-state index contributed by atoms with van der Waals surface area (Å²) in [6, 6.07) is 1.13. The fourth-order valence-electron chi connectivity index (χ4n) is 4.71. The molecule has 2 aromatic rings. The molecule has 0 aliphatic carbocycles. The number of piperidine rings is 1. The monoisotopic (exact) mass is 475 g/mol. The van der Waals surface area contributed by atoms with Gasteiger partial charge in [0.2, 0.25) is 0 Å². The van der Waals surface area contributed by atoms with Gasteiger partial charge in [-0.1, -0.05) is 0 Å². The van der Waals surface area contributed by atoms with E-state index < -0.39 is 46.2 Å². The first-order chi connectivity index (χ1) is 14.8. The Morgan fingerprint density at radius 3 is 2.59 bits per heavy atom. The van der Waals surface area contributed by atoms with Crippen molar-refractivity contribution in [2.75, 3.05) is 19.3 Å². The molecule has 1 fully saturated rings. The molecule has 0 saturated carbocycles. The van der Waals surface area contributed by atoms with Crippen LogP contribution in [0.1, 0.15) is 36.2 Å². The molecule has 3 atom stereocenters. The number of likely N-dealkylation sites (tertiary alicyclic amines) is 1. The lowest BCUT2D eigenvalue weighted by atomic mass is 9.87. The second-order valence-electron chi connectivity index (χ2n) is 8.81. The molecule has 2 aliphatic rings. The lowest BCUT2D eigenvalue weighted by Crippen LogP contribution is -2.57. The third-order valence-corrected chi connectivity index (χ3v) is 6.85. The van der Waals surface area contributed by atoms with Crippen LogP contribution in [-0.4, -0.2) is 64.8 Å². The third-order valence-electron chi connectivity index (χ3n) is 5.98. The SMILES string of the molecule is CC(F)(F)CN1C[C@H](N2Cc3cn(S(C)(=O)=O)nc3C2)C[C@H](N)C1c1cc(F)ccc1F. The van der Waals surface area contributed by atoms with Crippen LogP contribution in [0.2, 0.25) is 0 Å². The van der Waals surface area contributed by atoms with Gasteiger partial charge in [-0.15, -0.1) is 0 Å². The van der Waals surface area contributed by atoms with Gasteiger partial charge in [0.1, 0.15) is 11.6 Å². The van der Waals surface area contributed by atoms with Gasteiger partial charge in [-0.05, 0) is 24.6 Å². The Labute approximate surface area is 183 Å². The van der Waals surface area contributed by atoms with Crippen LogP contribution < -0.4 is 5.73 Å². The highest BCUT2D eigenvalue weighted by molar-refractivity contribution is 7.89. The van der Waals surface area contributed by atoms with Gasteiger partial charge < -0.3 is 5.73 Å². The average molecular weight is 476 g/mol. The first-order valence-corrected chi connectivity index (χ1v) is 12.0. The minimum atomic E-state index is -3.50. The maximum Gasteiger partial charge on any atom is 0.257 e. The number of nitrogens with two attached hydrogens (primary N) is 1. The molecule has 1 aromatic carbocycles. The van der Waals surface area contributed by atoms with E-state index in [4.69, 9.17) is 5.73 Å². The number of benzene rings is 1. The van der Waals surface area contributed by atoms with Crippen LogP contribution in [0.15, 0.2) is 24.4 Å². The van der Waals surface area contributed by atoms with E-state index in [9.17, 15) is 26.0 Å². The van der Waals surface area contributed by atoms with Crippen LogP contribution in [-0.2, 0) is 23.1 Å². The highest BCUT2D eigenvalue weighted by Crippen LogP contribution is 2.37. The number of alkyl halides is 2. The second-order valence-corrected chi connectivity index (χ2v) is 10.6. The predicted octanol–water partition coefficient (Wildman–Crippen LogP) is 2.08. The second kappa shape index (κ2) is 8.08. The summed E-state index contributed by atoms with van der Waals surface area (Å²) in [5.41, 5.74) is 7.68. The number of aromatic nitrogens is 2. The van der Waals surface area contributed by atoms with Gasteiger partial charge in [-0.2, -0.15) is 9.19 Å². The molecule has 0 spiro atoms. The van der Waals surface area contributed by atoms with Crippen LogP contribution in [0, 0.1) is 11.6 Å². The normalized spacial score (nSPS) is 25.3. The Bertz CT molecular complexity index is 1090. The van der Waals surface area contributed by atoms with Crippen molar-refractivity contribution in [1.82, 2.24) is 19.0 Å². The molecule has 2 aliphatic heterocycles. The van der Waals surface area contributed by atoms with Gasteiger partial charge in [-0.3, -0.25) is 9.80 Å². The van der Waals surface area contributed by atoms with Gasteiger partial charge in [0, 0.05) is 56.0 Å². The van der Waals surface area contributed by atoms with E-state index in [0.717, 1.165) is 41.0 Å². The molecule has 32 heavy (non-hydrogen) atoms. The molecule has 7 nitrogen and oxygen atoms in total. The third kappa shape index (κ3) is 4.68. The van der Waals surface area contributed by atoms with E-state index in [1.165, 1.54) is 11.1 Å². The summed E-state index contributed by atoms with van der Waals surface area (Å²) in [4.78, 5) is 3.42. The topological polar surface area (TPSA) is 84.5 Å². The number of fused-ring (bicyclic) bond motifs is 1. The van der Waals surface area contributed by atoms with Crippen molar-refractivity contribution in [2.45, 2.75) is 50.5 Å². The maximum absolute atomic E-state index is 14.5. The zero-order valence-corrected chi connectivity index (χ0v) is 18.5. The summed E-state index contributed by atoms with van der Waals surface area (Å²) >= 11 is 0. The highest BCUT2D eigenvalue weighted by Gasteiger charge is 2.43. The van der Waals surface area contributed by atoms with Crippen molar-refractivity contribution in [1.29, 1.82) is 0 Å². The van der Waals surface area contributed by atoms with Crippen molar-refractivity contribution in [3.8, 4) is 0 Å². The zero-order valence-electron chi connectivity index (χ0n) is 17.7. The Kier molecular flexibility index (Phi) is 5.85. The summed E-state index contributed by atoms with van der Waals surface area (Å²) in [7, 11) is -3.50.